The Kier molecular flexibility index (Phi) is 8.44. The highest BCUT2D eigenvalue weighted by Gasteiger charge is 2.29. The summed E-state index contributed by atoms with van der Waals surface area (Å²) < 4.78 is 9.32. The predicted octanol–water partition coefficient (Wildman–Crippen LogP) is 4.68. The van der Waals surface area contributed by atoms with Crippen LogP contribution >= 0.6 is 0 Å². The van der Waals surface area contributed by atoms with Crippen molar-refractivity contribution in [2.75, 3.05) is 26.8 Å². The second kappa shape index (κ2) is 12.6. The van der Waals surface area contributed by atoms with E-state index in [9.17, 15) is 9.59 Å². The van der Waals surface area contributed by atoms with Crippen LogP contribution in [-0.2, 0) is 22.5 Å². The number of aryl methyl sites for hydroxylation is 2. The molecule has 3 heterocycles. The van der Waals surface area contributed by atoms with Gasteiger partial charge in [0.15, 0.2) is 0 Å². The first-order chi connectivity index (χ1) is 20.9. The Morgan fingerprint density at radius 2 is 1.93 bits per heavy atom. The van der Waals surface area contributed by atoms with Gasteiger partial charge in [0.2, 0.25) is 5.91 Å². The summed E-state index contributed by atoms with van der Waals surface area (Å²) in [7, 11) is 1.73. The van der Waals surface area contributed by atoms with Crippen molar-refractivity contribution in [3.8, 4) is 5.69 Å². The van der Waals surface area contributed by atoms with E-state index in [-0.39, 0.29) is 23.6 Å². The van der Waals surface area contributed by atoms with Gasteiger partial charge in [-0.2, -0.15) is 0 Å². The molecule has 3 aromatic carbocycles. The monoisotopic (exact) mass is 580 g/mol. The molecule has 2 unspecified atom stereocenters. The number of hydrogen-bond donors (Lipinski definition) is 2. The Morgan fingerprint density at radius 3 is 2.74 bits per heavy atom. The third-order valence-corrected chi connectivity index (χ3v) is 8.59. The first-order valence-electron chi connectivity index (χ1n) is 15.2. The molecule has 1 aliphatic heterocycles. The normalized spacial score (nSPS) is 16.3. The van der Waals surface area contributed by atoms with Gasteiger partial charge in [0.1, 0.15) is 5.82 Å². The van der Waals surface area contributed by atoms with Crippen molar-refractivity contribution in [3.63, 3.8) is 0 Å². The largest absolute Gasteiger partial charge is 0.385 e. The fourth-order valence-corrected chi connectivity index (χ4v) is 6.51. The van der Waals surface area contributed by atoms with Gasteiger partial charge in [0.25, 0.3) is 0 Å². The molecular formula is C34H40N6O3. The molecule has 1 fully saturated rings. The Labute approximate surface area is 251 Å². The van der Waals surface area contributed by atoms with Gasteiger partial charge in [-0.3, -0.25) is 9.36 Å². The van der Waals surface area contributed by atoms with Crippen molar-refractivity contribution in [3.05, 3.63) is 94.2 Å². The number of aromatic amines is 1. The summed E-state index contributed by atoms with van der Waals surface area (Å²) in [6, 6.07) is 21.7. The number of para-hydroxylation sites is 3. The van der Waals surface area contributed by atoms with E-state index in [0.717, 1.165) is 77.1 Å². The van der Waals surface area contributed by atoms with Crippen molar-refractivity contribution in [2.24, 2.45) is 5.73 Å². The third-order valence-electron chi connectivity index (χ3n) is 8.59. The molecule has 0 aliphatic carbocycles. The van der Waals surface area contributed by atoms with Crippen LogP contribution in [0.2, 0.25) is 0 Å². The summed E-state index contributed by atoms with van der Waals surface area (Å²) in [5, 5.41) is 0. The van der Waals surface area contributed by atoms with Crippen LogP contribution in [0.4, 0.5) is 0 Å². The minimum absolute atomic E-state index is 0.0942. The highest BCUT2D eigenvalue weighted by atomic mass is 16.5. The van der Waals surface area contributed by atoms with Crippen molar-refractivity contribution >= 4 is 28.0 Å². The van der Waals surface area contributed by atoms with Crippen LogP contribution in [0.5, 0.6) is 0 Å². The van der Waals surface area contributed by atoms with Crippen LogP contribution in [0.3, 0.4) is 0 Å². The quantitative estimate of drug-likeness (QED) is 0.233. The predicted molar refractivity (Wildman–Crippen MR) is 170 cm³/mol. The molecule has 0 radical (unpaired) electrons. The molecule has 2 atom stereocenters. The number of fused-ring (bicyclic) bond motifs is 2. The maximum atomic E-state index is 13.4. The van der Waals surface area contributed by atoms with E-state index in [0.29, 0.717) is 26.0 Å². The molecular weight excluding hydrogens is 540 g/mol. The number of ether oxygens (including phenoxy) is 1. The van der Waals surface area contributed by atoms with E-state index < -0.39 is 0 Å². The Bertz CT molecular complexity index is 1780. The standard InChI is InChI=1S/C34H40N6O3/c1-23-8-5-11-29-32(23)40(34(42)37-29)27-15-13-24(14-16-27)20-26(35)21-31(41)38-17-6-9-25(22-38)33-36-28-10-3-4-12-30(28)39(33)18-7-19-43-2/h3-5,8,10-16,25-26H,6-7,9,17-22,35H2,1-2H3,(H,37,42). The number of H-pyrrole nitrogens is 1. The number of nitrogens with two attached hydrogens (primary N) is 1. The molecule has 3 N–H and O–H groups in total. The minimum Gasteiger partial charge on any atom is -0.385 e. The van der Waals surface area contributed by atoms with E-state index in [1.54, 1.807) is 11.7 Å². The zero-order valence-electron chi connectivity index (χ0n) is 25.0. The number of hydrogen-bond acceptors (Lipinski definition) is 5. The second-order valence-corrected chi connectivity index (χ2v) is 11.7. The number of methoxy groups -OCH3 is 1. The Hall–Kier alpha value is -4.21. The van der Waals surface area contributed by atoms with Crippen LogP contribution in [-0.4, -0.2) is 62.8 Å². The van der Waals surface area contributed by atoms with Crippen molar-refractivity contribution in [1.82, 2.24) is 24.0 Å². The first kappa shape index (κ1) is 28.9. The topological polar surface area (TPSA) is 111 Å². The lowest BCUT2D eigenvalue weighted by Crippen LogP contribution is -2.42. The van der Waals surface area contributed by atoms with E-state index in [2.05, 4.69) is 27.8 Å². The van der Waals surface area contributed by atoms with Crippen LogP contribution in [0, 0.1) is 6.92 Å². The van der Waals surface area contributed by atoms with Crippen LogP contribution in [0.15, 0.2) is 71.5 Å². The van der Waals surface area contributed by atoms with Crippen molar-refractivity contribution in [1.29, 1.82) is 0 Å². The second-order valence-electron chi connectivity index (χ2n) is 11.7. The fraction of sp³-hybridized carbons (Fsp3) is 0.382. The number of nitrogens with one attached hydrogen (secondary N) is 1. The van der Waals surface area contributed by atoms with Gasteiger partial charge >= 0.3 is 5.69 Å². The average Bonchev–Trinajstić information content (AvgIpc) is 3.55. The van der Waals surface area contributed by atoms with E-state index in [1.165, 1.54) is 0 Å². The summed E-state index contributed by atoms with van der Waals surface area (Å²) in [5.74, 6) is 1.34. The lowest BCUT2D eigenvalue weighted by molar-refractivity contribution is -0.132. The molecule has 224 valence electrons. The van der Waals surface area contributed by atoms with Crippen LogP contribution in [0.25, 0.3) is 27.8 Å². The van der Waals surface area contributed by atoms with E-state index in [1.807, 2.05) is 60.4 Å². The van der Waals surface area contributed by atoms with Crippen LogP contribution < -0.4 is 11.4 Å². The third kappa shape index (κ3) is 6.00. The number of amides is 1. The van der Waals surface area contributed by atoms with Crippen molar-refractivity contribution < 1.29 is 9.53 Å². The summed E-state index contributed by atoms with van der Waals surface area (Å²) in [5.41, 5.74) is 13.1. The summed E-state index contributed by atoms with van der Waals surface area (Å²) >= 11 is 0. The SMILES string of the molecule is COCCCn1c(C2CCCN(C(=O)CC(N)Cc3ccc(-n4c(=O)[nH]c5cccc(C)c54)cc3)C2)nc2ccccc21. The minimum atomic E-state index is -0.296. The van der Waals surface area contributed by atoms with E-state index in [4.69, 9.17) is 15.5 Å². The summed E-state index contributed by atoms with van der Waals surface area (Å²) in [6.45, 7) is 4.95. The number of aromatic nitrogens is 4. The number of likely N-dealkylation sites (tertiary alicyclic amines) is 1. The molecule has 9 nitrogen and oxygen atoms in total. The lowest BCUT2D eigenvalue weighted by atomic mass is 9.96. The molecule has 0 saturated carbocycles. The zero-order chi connectivity index (χ0) is 29.9. The number of carbonyl (C=O) groups is 1. The number of imidazole rings is 2. The number of rotatable bonds is 10. The summed E-state index contributed by atoms with van der Waals surface area (Å²) in [4.78, 5) is 36.0. The van der Waals surface area contributed by atoms with Crippen LogP contribution in [0.1, 0.15) is 48.6 Å². The molecule has 2 aromatic heterocycles. The van der Waals surface area contributed by atoms with Gasteiger partial charge in [-0.1, -0.05) is 36.4 Å². The van der Waals surface area contributed by atoms with Gasteiger partial charge in [0, 0.05) is 51.7 Å². The molecule has 9 heteroatoms. The van der Waals surface area contributed by atoms with Gasteiger partial charge in [0.05, 0.1) is 27.8 Å². The molecule has 0 bridgehead atoms. The van der Waals surface area contributed by atoms with Crippen molar-refractivity contribution in [2.45, 2.75) is 57.5 Å². The summed E-state index contributed by atoms with van der Waals surface area (Å²) in [6.07, 6.45) is 3.74. The zero-order valence-corrected chi connectivity index (χ0v) is 25.0. The average molecular weight is 581 g/mol. The molecule has 1 aliphatic rings. The molecule has 1 amide bonds. The fourth-order valence-electron chi connectivity index (χ4n) is 6.51. The number of nitrogens with zero attached hydrogens (tertiary/aromatic N) is 4. The molecule has 0 spiro atoms. The Balaban J connectivity index is 1.11. The molecule has 43 heavy (non-hydrogen) atoms. The van der Waals surface area contributed by atoms with E-state index >= 15 is 0 Å². The van der Waals surface area contributed by atoms with Gasteiger partial charge in [-0.05, 0) is 74.1 Å². The highest BCUT2D eigenvalue weighted by molar-refractivity contribution is 5.81. The molecule has 6 rings (SSSR count). The maximum absolute atomic E-state index is 13.4. The number of piperidine rings is 1. The number of benzene rings is 3. The number of carbonyl (C=O) groups excluding carboxylic acids is 1. The molecule has 5 aromatic rings. The van der Waals surface area contributed by atoms with Gasteiger partial charge in [-0.25, -0.2) is 9.78 Å². The van der Waals surface area contributed by atoms with Gasteiger partial charge in [-0.15, -0.1) is 0 Å². The Morgan fingerprint density at radius 1 is 1.12 bits per heavy atom. The highest BCUT2D eigenvalue weighted by Crippen LogP contribution is 2.30. The first-order valence-corrected chi connectivity index (χ1v) is 15.2. The van der Waals surface area contributed by atoms with Gasteiger partial charge < -0.3 is 24.9 Å². The lowest BCUT2D eigenvalue weighted by Gasteiger charge is -2.33. The smallest absolute Gasteiger partial charge is 0.331 e. The maximum Gasteiger partial charge on any atom is 0.331 e. The molecule has 1 saturated heterocycles.